The summed E-state index contributed by atoms with van der Waals surface area (Å²) in [5.74, 6) is 1.37. The third kappa shape index (κ3) is 9.97. The standard InChI is InChI=1S/C31H45N7O3/c1-7-12-38(13-11-21(3)17-33-8-2)29(39)24-14-23-10-9-22(15-26(23)37-27(32)16-24)25-18-34-28(35-19-25)20-36-30(40)41-31(4,5)6/h9-10,14-15,18-19,21,33H,7-8,11-13,16-17,20H2,1-6H3,(H2,32,37)(H,36,40). The lowest BCUT2D eigenvalue weighted by Gasteiger charge is -2.25. The highest BCUT2D eigenvalue weighted by Crippen LogP contribution is 2.32. The van der Waals surface area contributed by atoms with Gasteiger partial charge in [-0.05, 0) is 70.3 Å². The molecule has 4 N–H and O–H groups in total. The van der Waals surface area contributed by atoms with Gasteiger partial charge >= 0.3 is 6.09 Å². The number of hydrogen-bond donors (Lipinski definition) is 3. The number of fused-ring (bicyclic) bond motifs is 1. The Morgan fingerprint density at radius 1 is 1.12 bits per heavy atom. The second-order valence-electron chi connectivity index (χ2n) is 11.5. The lowest BCUT2D eigenvalue weighted by Crippen LogP contribution is -2.36. The van der Waals surface area contributed by atoms with Gasteiger partial charge in [0.25, 0.3) is 0 Å². The average Bonchev–Trinajstić information content (AvgIpc) is 3.09. The Balaban J connectivity index is 1.73. The minimum absolute atomic E-state index is 0.0153. The summed E-state index contributed by atoms with van der Waals surface area (Å²) in [6, 6.07) is 5.83. The number of carbonyl (C=O) groups excluding carboxylic acids is 2. The molecule has 2 amide bonds. The Hall–Kier alpha value is -3.79. The number of aliphatic imine (C=N–C) groups is 1. The number of benzene rings is 1. The summed E-state index contributed by atoms with van der Waals surface area (Å²) in [5, 5.41) is 6.04. The summed E-state index contributed by atoms with van der Waals surface area (Å²) in [6.07, 6.45) is 6.93. The number of nitrogens with zero attached hydrogens (tertiary/aromatic N) is 4. The van der Waals surface area contributed by atoms with Gasteiger partial charge in [0.2, 0.25) is 5.91 Å². The van der Waals surface area contributed by atoms with Crippen molar-refractivity contribution in [1.29, 1.82) is 0 Å². The fourth-order valence-electron chi connectivity index (χ4n) is 4.43. The fraction of sp³-hybridized carbons (Fsp3) is 0.516. The minimum Gasteiger partial charge on any atom is -0.444 e. The van der Waals surface area contributed by atoms with Gasteiger partial charge in [-0.1, -0.05) is 32.9 Å². The SMILES string of the molecule is CCCN(CCC(C)CNCC)C(=O)C1=Cc2ccc(-c3cnc(CNC(=O)OC(C)(C)C)nc3)cc2N=C(N)C1. The number of rotatable bonds is 12. The lowest BCUT2D eigenvalue weighted by atomic mass is 10.0. The fourth-order valence-corrected chi connectivity index (χ4v) is 4.43. The Morgan fingerprint density at radius 3 is 2.51 bits per heavy atom. The van der Waals surface area contributed by atoms with E-state index in [2.05, 4.69) is 46.4 Å². The zero-order valence-corrected chi connectivity index (χ0v) is 25.3. The van der Waals surface area contributed by atoms with Crippen molar-refractivity contribution in [3.63, 3.8) is 0 Å². The smallest absolute Gasteiger partial charge is 0.408 e. The number of carbonyl (C=O) groups is 2. The first-order chi connectivity index (χ1) is 19.5. The summed E-state index contributed by atoms with van der Waals surface area (Å²) < 4.78 is 5.25. The maximum absolute atomic E-state index is 13.6. The maximum Gasteiger partial charge on any atom is 0.408 e. The number of amides is 2. The molecule has 10 nitrogen and oxygen atoms in total. The number of amidine groups is 1. The monoisotopic (exact) mass is 563 g/mol. The molecule has 3 rings (SSSR count). The Labute approximate surface area is 243 Å². The second-order valence-corrected chi connectivity index (χ2v) is 11.5. The minimum atomic E-state index is -0.575. The third-order valence-electron chi connectivity index (χ3n) is 6.51. The quantitative estimate of drug-likeness (QED) is 0.337. The van der Waals surface area contributed by atoms with Crippen LogP contribution in [0.4, 0.5) is 10.5 Å². The predicted molar refractivity (Wildman–Crippen MR) is 164 cm³/mol. The van der Waals surface area contributed by atoms with Gasteiger partial charge in [0.05, 0.1) is 12.2 Å². The first-order valence-electron chi connectivity index (χ1n) is 14.4. The molecule has 0 radical (unpaired) electrons. The lowest BCUT2D eigenvalue weighted by molar-refractivity contribution is -0.127. The largest absolute Gasteiger partial charge is 0.444 e. The van der Waals surface area contributed by atoms with Crippen LogP contribution in [0.5, 0.6) is 0 Å². The summed E-state index contributed by atoms with van der Waals surface area (Å²) in [5.41, 5.74) is 9.58. The van der Waals surface area contributed by atoms with Crippen LogP contribution in [0.2, 0.25) is 0 Å². The van der Waals surface area contributed by atoms with E-state index in [1.807, 2.05) is 29.2 Å². The third-order valence-corrected chi connectivity index (χ3v) is 6.51. The van der Waals surface area contributed by atoms with Crippen LogP contribution in [-0.4, -0.2) is 64.5 Å². The highest BCUT2D eigenvalue weighted by Gasteiger charge is 2.22. The molecule has 0 spiro atoms. The molecular formula is C31H45N7O3. The highest BCUT2D eigenvalue weighted by molar-refractivity contribution is 6.05. The van der Waals surface area contributed by atoms with Crippen LogP contribution in [-0.2, 0) is 16.1 Å². The molecule has 0 fully saturated rings. The van der Waals surface area contributed by atoms with Crippen LogP contribution < -0.4 is 16.4 Å². The van der Waals surface area contributed by atoms with Crippen molar-refractivity contribution in [2.24, 2.45) is 16.6 Å². The Morgan fingerprint density at radius 2 is 1.85 bits per heavy atom. The van der Waals surface area contributed by atoms with E-state index in [0.29, 0.717) is 48.3 Å². The predicted octanol–water partition coefficient (Wildman–Crippen LogP) is 4.82. The molecular weight excluding hydrogens is 518 g/mol. The number of ether oxygens (including phenoxy) is 1. The topological polar surface area (TPSA) is 135 Å². The Kier molecular flexibility index (Phi) is 11.4. The zero-order chi connectivity index (χ0) is 30.0. The van der Waals surface area contributed by atoms with Crippen LogP contribution in [0.25, 0.3) is 17.2 Å². The molecule has 1 atom stereocenters. The molecule has 0 saturated carbocycles. The van der Waals surface area contributed by atoms with Gasteiger partial charge in [-0.3, -0.25) is 4.79 Å². The molecule has 2 aromatic rings. The van der Waals surface area contributed by atoms with E-state index < -0.39 is 11.7 Å². The van der Waals surface area contributed by atoms with Crippen molar-refractivity contribution >= 4 is 29.6 Å². The molecule has 2 heterocycles. The number of nitrogens with one attached hydrogen (secondary N) is 2. The van der Waals surface area contributed by atoms with E-state index in [1.54, 1.807) is 33.2 Å². The van der Waals surface area contributed by atoms with Gasteiger partial charge in [-0.15, -0.1) is 0 Å². The molecule has 0 saturated heterocycles. The molecule has 1 aliphatic rings. The molecule has 1 aliphatic heterocycles. The Bertz CT molecular complexity index is 1250. The first-order valence-corrected chi connectivity index (χ1v) is 14.4. The molecule has 1 unspecified atom stereocenters. The van der Waals surface area contributed by atoms with Crippen molar-refractivity contribution in [2.75, 3.05) is 26.2 Å². The van der Waals surface area contributed by atoms with Crippen LogP contribution in [0.3, 0.4) is 0 Å². The number of aromatic nitrogens is 2. The molecule has 0 aliphatic carbocycles. The van der Waals surface area contributed by atoms with E-state index in [4.69, 9.17) is 10.5 Å². The number of hydrogen-bond acceptors (Lipinski definition) is 8. The molecule has 10 heteroatoms. The van der Waals surface area contributed by atoms with Crippen molar-refractivity contribution in [2.45, 2.75) is 73.0 Å². The van der Waals surface area contributed by atoms with E-state index in [9.17, 15) is 9.59 Å². The van der Waals surface area contributed by atoms with Crippen molar-refractivity contribution < 1.29 is 14.3 Å². The summed E-state index contributed by atoms with van der Waals surface area (Å²) in [7, 11) is 0. The van der Waals surface area contributed by atoms with E-state index in [0.717, 1.165) is 42.6 Å². The second kappa shape index (κ2) is 14.7. The molecule has 0 bridgehead atoms. The van der Waals surface area contributed by atoms with Gasteiger partial charge in [0.1, 0.15) is 17.3 Å². The van der Waals surface area contributed by atoms with Crippen LogP contribution in [0, 0.1) is 5.92 Å². The van der Waals surface area contributed by atoms with Gasteiger partial charge < -0.3 is 26.0 Å². The summed E-state index contributed by atoms with van der Waals surface area (Å²) >= 11 is 0. The first kappa shape index (κ1) is 31.7. The van der Waals surface area contributed by atoms with Crippen LogP contribution in [0.1, 0.15) is 72.2 Å². The van der Waals surface area contributed by atoms with Crippen LogP contribution >= 0.6 is 0 Å². The highest BCUT2D eigenvalue weighted by atomic mass is 16.6. The number of nitrogens with two attached hydrogens (primary N) is 1. The number of alkyl carbamates (subject to hydrolysis) is 1. The van der Waals surface area contributed by atoms with Gasteiger partial charge in [0, 0.05) is 48.6 Å². The molecule has 41 heavy (non-hydrogen) atoms. The zero-order valence-electron chi connectivity index (χ0n) is 25.3. The average molecular weight is 564 g/mol. The molecule has 1 aromatic heterocycles. The summed E-state index contributed by atoms with van der Waals surface area (Å²) in [6.45, 7) is 15.3. The summed E-state index contributed by atoms with van der Waals surface area (Å²) in [4.78, 5) is 40.8. The normalized spacial score (nSPS) is 13.8. The molecule has 1 aromatic carbocycles. The van der Waals surface area contributed by atoms with Crippen LogP contribution in [0.15, 0.2) is 41.2 Å². The van der Waals surface area contributed by atoms with Gasteiger partial charge in [0.15, 0.2) is 0 Å². The van der Waals surface area contributed by atoms with Crippen molar-refractivity contribution in [3.8, 4) is 11.1 Å². The van der Waals surface area contributed by atoms with Gasteiger partial charge in [-0.2, -0.15) is 0 Å². The van der Waals surface area contributed by atoms with E-state index >= 15 is 0 Å². The van der Waals surface area contributed by atoms with E-state index in [1.165, 1.54) is 0 Å². The van der Waals surface area contributed by atoms with Crippen molar-refractivity contribution in [1.82, 2.24) is 25.5 Å². The van der Waals surface area contributed by atoms with Gasteiger partial charge in [-0.25, -0.2) is 19.8 Å². The van der Waals surface area contributed by atoms with Crippen molar-refractivity contribution in [3.05, 3.63) is 47.6 Å². The van der Waals surface area contributed by atoms with E-state index in [-0.39, 0.29) is 12.5 Å². The molecule has 222 valence electrons. The maximum atomic E-state index is 13.6.